The molecule has 5 nitrogen and oxygen atoms in total. The van der Waals surface area contributed by atoms with Gasteiger partial charge >= 0.3 is 5.97 Å². The highest BCUT2D eigenvalue weighted by molar-refractivity contribution is 5.86. The molecule has 1 aliphatic heterocycles. The summed E-state index contributed by atoms with van der Waals surface area (Å²) in [7, 11) is 0. The minimum absolute atomic E-state index is 0.104. The van der Waals surface area contributed by atoms with Crippen molar-refractivity contribution in [3.63, 3.8) is 0 Å². The van der Waals surface area contributed by atoms with Crippen molar-refractivity contribution in [2.45, 2.75) is 25.7 Å². The molecule has 0 radical (unpaired) electrons. The minimum Gasteiger partial charge on any atom is -0.481 e. The summed E-state index contributed by atoms with van der Waals surface area (Å²) in [5.74, 6) is -0.868. The molecule has 4 rings (SSSR count). The number of benzene rings is 1. The lowest BCUT2D eigenvalue weighted by molar-refractivity contribution is -0.153. The van der Waals surface area contributed by atoms with Crippen LogP contribution in [0.15, 0.2) is 30.3 Å². The van der Waals surface area contributed by atoms with Gasteiger partial charge in [0.25, 0.3) is 0 Å². The van der Waals surface area contributed by atoms with Crippen LogP contribution in [0.4, 0.5) is 0 Å². The molecule has 26 heavy (non-hydrogen) atoms. The summed E-state index contributed by atoms with van der Waals surface area (Å²) < 4.78 is 0. The van der Waals surface area contributed by atoms with E-state index in [1.807, 2.05) is 11.0 Å². The van der Waals surface area contributed by atoms with Crippen molar-refractivity contribution in [2.75, 3.05) is 32.7 Å². The maximum Gasteiger partial charge on any atom is 0.307 e. The first-order chi connectivity index (χ1) is 12.6. The fourth-order valence-corrected chi connectivity index (χ4v) is 5.34. The van der Waals surface area contributed by atoms with Crippen LogP contribution in [-0.2, 0) is 16.0 Å². The Bertz CT molecular complexity index is 654. The molecule has 0 spiro atoms. The molecule has 3 fully saturated rings. The van der Waals surface area contributed by atoms with Gasteiger partial charge < -0.3 is 10.0 Å². The molecule has 5 heteroatoms. The molecule has 1 aromatic rings. The van der Waals surface area contributed by atoms with E-state index in [1.165, 1.54) is 5.56 Å². The number of aliphatic carboxylic acids is 1. The zero-order valence-electron chi connectivity index (χ0n) is 15.2. The van der Waals surface area contributed by atoms with E-state index in [4.69, 9.17) is 0 Å². The summed E-state index contributed by atoms with van der Waals surface area (Å²) in [6.07, 6.45) is 3.98. The van der Waals surface area contributed by atoms with E-state index >= 15 is 0 Å². The molecule has 4 unspecified atom stereocenters. The molecule has 1 heterocycles. The Morgan fingerprint density at radius 3 is 2.27 bits per heavy atom. The lowest BCUT2D eigenvalue weighted by Gasteiger charge is -2.38. The number of carbonyl (C=O) groups excluding carboxylic acids is 1. The van der Waals surface area contributed by atoms with Gasteiger partial charge in [0.1, 0.15) is 0 Å². The fraction of sp³-hybridized carbons (Fsp3) is 0.619. The van der Waals surface area contributed by atoms with Crippen molar-refractivity contribution < 1.29 is 14.7 Å². The smallest absolute Gasteiger partial charge is 0.307 e. The van der Waals surface area contributed by atoms with Crippen molar-refractivity contribution in [2.24, 2.45) is 23.7 Å². The average Bonchev–Trinajstić information content (AvgIpc) is 3.28. The molecule has 2 saturated carbocycles. The molecule has 0 aromatic heterocycles. The molecular formula is C21H28N2O3. The van der Waals surface area contributed by atoms with Crippen LogP contribution in [-0.4, -0.2) is 59.5 Å². The maximum absolute atomic E-state index is 13.0. The van der Waals surface area contributed by atoms with Crippen LogP contribution in [0.25, 0.3) is 0 Å². The second-order valence-corrected chi connectivity index (χ2v) is 8.13. The van der Waals surface area contributed by atoms with Crippen LogP contribution in [0.5, 0.6) is 0 Å². The Labute approximate surface area is 155 Å². The quantitative estimate of drug-likeness (QED) is 0.878. The maximum atomic E-state index is 13.0. The molecule has 2 aliphatic carbocycles. The summed E-state index contributed by atoms with van der Waals surface area (Å²) in [4.78, 5) is 29.1. The van der Waals surface area contributed by atoms with Gasteiger partial charge in [-0.25, -0.2) is 0 Å². The van der Waals surface area contributed by atoms with Crippen LogP contribution >= 0.6 is 0 Å². The van der Waals surface area contributed by atoms with Gasteiger partial charge in [-0.2, -0.15) is 0 Å². The zero-order chi connectivity index (χ0) is 18.1. The topological polar surface area (TPSA) is 60.9 Å². The van der Waals surface area contributed by atoms with Gasteiger partial charge in [-0.3, -0.25) is 14.5 Å². The van der Waals surface area contributed by atoms with Gasteiger partial charge in [0.2, 0.25) is 5.91 Å². The van der Waals surface area contributed by atoms with Crippen molar-refractivity contribution >= 4 is 11.9 Å². The summed E-state index contributed by atoms with van der Waals surface area (Å²) >= 11 is 0. The molecule has 140 valence electrons. The first-order valence-electron chi connectivity index (χ1n) is 9.91. The van der Waals surface area contributed by atoms with Gasteiger partial charge in [0, 0.05) is 32.7 Å². The Hall–Kier alpha value is -1.88. The summed E-state index contributed by atoms with van der Waals surface area (Å²) in [5.41, 5.74) is 1.34. The zero-order valence-corrected chi connectivity index (χ0v) is 15.2. The molecule has 1 saturated heterocycles. The minimum atomic E-state index is -0.767. The van der Waals surface area contributed by atoms with E-state index in [0.29, 0.717) is 5.92 Å². The largest absolute Gasteiger partial charge is 0.481 e. The van der Waals surface area contributed by atoms with Crippen molar-refractivity contribution in [1.29, 1.82) is 0 Å². The number of fused-ring (bicyclic) bond motifs is 2. The lowest BCUT2D eigenvalue weighted by atomic mass is 9.78. The highest BCUT2D eigenvalue weighted by Gasteiger charge is 2.54. The first-order valence-corrected chi connectivity index (χ1v) is 9.91. The van der Waals surface area contributed by atoms with Crippen LogP contribution in [0.2, 0.25) is 0 Å². The first kappa shape index (κ1) is 17.5. The summed E-state index contributed by atoms with van der Waals surface area (Å²) in [6.45, 7) is 4.24. The van der Waals surface area contributed by atoms with Crippen LogP contribution in [0, 0.1) is 23.7 Å². The van der Waals surface area contributed by atoms with E-state index in [2.05, 4.69) is 29.2 Å². The molecular weight excluding hydrogens is 328 g/mol. The van der Waals surface area contributed by atoms with Crippen molar-refractivity contribution in [1.82, 2.24) is 9.80 Å². The monoisotopic (exact) mass is 356 g/mol. The summed E-state index contributed by atoms with van der Waals surface area (Å²) in [5, 5.41) is 9.59. The Balaban J connectivity index is 1.30. The second-order valence-electron chi connectivity index (χ2n) is 8.13. The standard InChI is InChI=1S/C21H28N2O3/c24-20(18-16-6-7-17(14-16)19(18)21(25)26)23-12-10-22(11-13-23)9-8-15-4-2-1-3-5-15/h1-5,16-19H,6-14H2,(H,25,26). The lowest BCUT2D eigenvalue weighted by Crippen LogP contribution is -2.52. The third kappa shape index (κ3) is 3.37. The number of piperazine rings is 1. The second kappa shape index (κ2) is 7.39. The summed E-state index contributed by atoms with van der Waals surface area (Å²) in [6, 6.07) is 10.5. The Kier molecular flexibility index (Phi) is 4.98. The normalized spacial score (nSPS) is 31.3. The van der Waals surface area contributed by atoms with E-state index < -0.39 is 11.9 Å². The van der Waals surface area contributed by atoms with E-state index in [1.54, 1.807) is 0 Å². The van der Waals surface area contributed by atoms with Gasteiger partial charge in [-0.1, -0.05) is 30.3 Å². The molecule has 4 atom stereocenters. The Morgan fingerprint density at radius 2 is 1.62 bits per heavy atom. The molecule has 1 N–H and O–H groups in total. The number of carboxylic acid groups (broad SMARTS) is 1. The molecule has 3 aliphatic rings. The van der Waals surface area contributed by atoms with Crippen LogP contribution < -0.4 is 0 Å². The highest BCUT2D eigenvalue weighted by atomic mass is 16.4. The third-order valence-corrected chi connectivity index (χ3v) is 6.73. The number of carboxylic acids is 1. The van der Waals surface area contributed by atoms with E-state index in [-0.39, 0.29) is 17.7 Å². The number of amides is 1. The number of hydrogen-bond acceptors (Lipinski definition) is 3. The number of hydrogen-bond donors (Lipinski definition) is 1. The van der Waals surface area contributed by atoms with Gasteiger partial charge in [-0.15, -0.1) is 0 Å². The average molecular weight is 356 g/mol. The van der Waals surface area contributed by atoms with Gasteiger partial charge in [0.15, 0.2) is 0 Å². The molecule has 1 aromatic carbocycles. The SMILES string of the molecule is O=C(O)C1C2CCC(C2)C1C(=O)N1CCN(CCc2ccccc2)CC1. The predicted molar refractivity (Wildman–Crippen MR) is 98.6 cm³/mol. The van der Waals surface area contributed by atoms with E-state index in [0.717, 1.165) is 58.4 Å². The van der Waals surface area contributed by atoms with Gasteiger partial charge in [-0.05, 0) is 43.1 Å². The van der Waals surface area contributed by atoms with Crippen molar-refractivity contribution in [3.8, 4) is 0 Å². The third-order valence-electron chi connectivity index (χ3n) is 6.73. The number of carbonyl (C=O) groups is 2. The van der Waals surface area contributed by atoms with Crippen LogP contribution in [0.1, 0.15) is 24.8 Å². The number of rotatable bonds is 5. The molecule has 1 amide bonds. The molecule has 2 bridgehead atoms. The van der Waals surface area contributed by atoms with Crippen molar-refractivity contribution in [3.05, 3.63) is 35.9 Å². The van der Waals surface area contributed by atoms with Gasteiger partial charge in [0.05, 0.1) is 11.8 Å². The predicted octanol–water partition coefficient (Wildman–Crippen LogP) is 2.12. The highest BCUT2D eigenvalue weighted by Crippen LogP contribution is 2.53. The Morgan fingerprint density at radius 1 is 0.962 bits per heavy atom. The fourth-order valence-electron chi connectivity index (χ4n) is 5.34. The van der Waals surface area contributed by atoms with Crippen LogP contribution in [0.3, 0.4) is 0 Å². The van der Waals surface area contributed by atoms with E-state index in [9.17, 15) is 14.7 Å². The number of nitrogens with zero attached hydrogens (tertiary/aromatic N) is 2.